The van der Waals surface area contributed by atoms with Crippen LogP contribution in [0.25, 0.3) is 11.4 Å². The first-order valence-electron chi connectivity index (χ1n) is 5.93. The first-order valence-corrected chi connectivity index (χ1v) is 5.93. The van der Waals surface area contributed by atoms with Crippen molar-refractivity contribution in [1.29, 1.82) is 0 Å². The Hall–Kier alpha value is -2.24. The smallest absolute Gasteiger partial charge is 0.224 e. The highest BCUT2D eigenvalue weighted by Gasteiger charge is 2.12. The first kappa shape index (κ1) is 12.2. The van der Waals surface area contributed by atoms with Crippen LogP contribution in [-0.4, -0.2) is 26.4 Å². The number of rotatable bonds is 4. The normalized spacial score (nSPS) is 10.6. The molecule has 4 N–H and O–H groups in total. The number of nitrogens with zero attached hydrogens (tertiary/aromatic N) is 3. The molecule has 0 atom stereocenters. The third kappa shape index (κ3) is 2.09. The van der Waals surface area contributed by atoms with Gasteiger partial charge < -0.3 is 16.2 Å². The van der Waals surface area contributed by atoms with Crippen LogP contribution < -0.4 is 11.1 Å². The Morgan fingerprint density at radius 1 is 1.33 bits per heavy atom. The lowest BCUT2D eigenvalue weighted by Crippen LogP contribution is -2.06. The van der Waals surface area contributed by atoms with Gasteiger partial charge in [0, 0.05) is 18.7 Å². The molecule has 0 saturated heterocycles. The Bertz CT molecular complexity index is 549. The SMILES string of the molecule is CCNc1nnc(-c2ccc(O)c(N)c2)n1CC. The van der Waals surface area contributed by atoms with Crippen LogP contribution in [0.4, 0.5) is 11.6 Å². The quantitative estimate of drug-likeness (QED) is 0.565. The number of nitrogen functional groups attached to an aromatic ring is 1. The molecule has 0 aliphatic heterocycles. The molecule has 0 amide bonds. The lowest BCUT2D eigenvalue weighted by molar-refractivity contribution is 0.478. The van der Waals surface area contributed by atoms with Crippen molar-refractivity contribution in [3.05, 3.63) is 18.2 Å². The molecule has 96 valence electrons. The van der Waals surface area contributed by atoms with E-state index in [4.69, 9.17) is 5.73 Å². The summed E-state index contributed by atoms with van der Waals surface area (Å²) in [7, 11) is 0. The summed E-state index contributed by atoms with van der Waals surface area (Å²) < 4.78 is 1.97. The summed E-state index contributed by atoms with van der Waals surface area (Å²) in [5.74, 6) is 1.55. The van der Waals surface area contributed by atoms with Gasteiger partial charge in [0.15, 0.2) is 5.82 Å². The second kappa shape index (κ2) is 4.95. The van der Waals surface area contributed by atoms with Gasteiger partial charge in [0.2, 0.25) is 5.95 Å². The lowest BCUT2D eigenvalue weighted by Gasteiger charge is -2.08. The van der Waals surface area contributed by atoms with Crippen LogP contribution in [0.15, 0.2) is 18.2 Å². The number of anilines is 2. The molecule has 18 heavy (non-hydrogen) atoms. The van der Waals surface area contributed by atoms with Crippen molar-refractivity contribution in [2.24, 2.45) is 0 Å². The molecule has 0 unspecified atom stereocenters. The van der Waals surface area contributed by atoms with Crippen LogP contribution in [0.1, 0.15) is 13.8 Å². The molecule has 0 bridgehead atoms. The molecule has 6 heteroatoms. The second-order valence-electron chi connectivity index (χ2n) is 3.90. The molecular formula is C12H17N5O. The Kier molecular flexibility index (Phi) is 3.36. The van der Waals surface area contributed by atoms with E-state index in [1.165, 1.54) is 0 Å². The van der Waals surface area contributed by atoms with Crippen molar-refractivity contribution >= 4 is 11.6 Å². The fourth-order valence-corrected chi connectivity index (χ4v) is 1.80. The summed E-state index contributed by atoms with van der Waals surface area (Å²) in [5.41, 5.74) is 6.87. The highest BCUT2D eigenvalue weighted by atomic mass is 16.3. The molecule has 0 aliphatic rings. The number of hydrogen-bond acceptors (Lipinski definition) is 5. The van der Waals surface area contributed by atoms with E-state index in [2.05, 4.69) is 15.5 Å². The van der Waals surface area contributed by atoms with Gasteiger partial charge in [0.1, 0.15) is 5.75 Å². The number of nitrogens with two attached hydrogens (primary N) is 1. The molecule has 0 spiro atoms. The third-order valence-corrected chi connectivity index (χ3v) is 2.69. The van der Waals surface area contributed by atoms with Gasteiger partial charge in [-0.1, -0.05) is 0 Å². The lowest BCUT2D eigenvalue weighted by atomic mass is 10.2. The summed E-state index contributed by atoms with van der Waals surface area (Å²) in [5, 5.41) is 20.8. The van der Waals surface area contributed by atoms with E-state index >= 15 is 0 Å². The number of aromatic nitrogens is 3. The van der Waals surface area contributed by atoms with Crippen LogP contribution in [-0.2, 0) is 6.54 Å². The molecule has 2 rings (SSSR count). The van der Waals surface area contributed by atoms with Crippen molar-refractivity contribution in [1.82, 2.24) is 14.8 Å². The average molecular weight is 247 g/mol. The Morgan fingerprint density at radius 2 is 2.11 bits per heavy atom. The maximum Gasteiger partial charge on any atom is 0.224 e. The van der Waals surface area contributed by atoms with Crippen molar-refractivity contribution in [3.63, 3.8) is 0 Å². The number of nitrogens with one attached hydrogen (secondary N) is 1. The largest absolute Gasteiger partial charge is 0.506 e. The van der Waals surface area contributed by atoms with Gasteiger partial charge in [0.05, 0.1) is 5.69 Å². The van der Waals surface area contributed by atoms with Crippen LogP contribution in [0, 0.1) is 0 Å². The molecule has 6 nitrogen and oxygen atoms in total. The zero-order chi connectivity index (χ0) is 13.1. The fourth-order valence-electron chi connectivity index (χ4n) is 1.80. The van der Waals surface area contributed by atoms with Gasteiger partial charge in [-0.25, -0.2) is 0 Å². The summed E-state index contributed by atoms with van der Waals surface area (Å²) in [6, 6.07) is 5.03. The number of phenolic OH excluding ortho intramolecular Hbond substituents is 1. The van der Waals surface area contributed by atoms with Gasteiger partial charge >= 0.3 is 0 Å². The zero-order valence-corrected chi connectivity index (χ0v) is 10.5. The minimum atomic E-state index is 0.0771. The molecule has 1 aromatic heterocycles. The Morgan fingerprint density at radius 3 is 2.72 bits per heavy atom. The summed E-state index contributed by atoms with van der Waals surface area (Å²) in [4.78, 5) is 0. The third-order valence-electron chi connectivity index (χ3n) is 2.69. The van der Waals surface area contributed by atoms with Crippen LogP contribution in [0.2, 0.25) is 0 Å². The van der Waals surface area contributed by atoms with E-state index in [9.17, 15) is 5.11 Å². The van der Waals surface area contributed by atoms with Gasteiger partial charge in [0.25, 0.3) is 0 Å². The predicted octanol–water partition coefficient (Wildman–Crippen LogP) is 1.68. The average Bonchev–Trinajstić information content (AvgIpc) is 2.76. The highest BCUT2D eigenvalue weighted by Crippen LogP contribution is 2.27. The maximum absolute atomic E-state index is 9.43. The van der Waals surface area contributed by atoms with Gasteiger partial charge in [-0.15, -0.1) is 10.2 Å². The predicted molar refractivity (Wildman–Crippen MR) is 71.4 cm³/mol. The fraction of sp³-hybridized carbons (Fsp3) is 0.333. The van der Waals surface area contributed by atoms with E-state index in [-0.39, 0.29) is 5.75 Å². The molecule has 0 radical (unpaired) electrons. The van der Waals surface area contributed by atoms with E-state index < -0.39 is 0 Å². The Balaban J connectivity index is 2.46. The van der Waals surface area contributed by atoms with Crippen molar-refractivity contribution < 1.29 is 5.11 Å². The molecule has 0 fully saturated rings. The van der Waals surface area contributed by atoms with Crippen molar-refractivity contribution in [2.75, 3.05) is 17.6 Å². The van der Waals surface area contributed by atoms with Crippen LogP contribution >= 0.6 is 0 Å². The summed E-state index contributed by atoms with van der Waals surface area (Å²) >= 11 is 0. The molecule has 1 heterocycles. The second-order valence-corrected chi connectivity index (χ2v) is 3.90. The first-order chi connectivity index (χ1) is 8.67. The topological polar surface area (TPSA) is 89.0 Å². The monoisotopic (exact) mass is 247 g/mol. The Labute approximate surface area is 105 Å². The minimum absolute atomic E-state index is 0.0771. The number of hydrogen-bond donors (Lipinski definition) is 3. The van der Waals surface area contributed by atoms with Crippen LogP contribution in [0.5, 0.6) is 5.75 Å². The zero-order valence-electron chi connectivity index (χ0n) is 10.5. The molecule has 0 saturated carbocycles. The molecule has 1 aromatic carbocycles. The van der Waals surface area contributed by atoms with E-state index in [0.717, 1.165) is 30.4 Å². The number of aromatic hydroxyl groups is 1. The maximum atomic E-state index is 9.43. The van der Waals surface area contributed by atoms with E-state index in [0.29, 0.717) is 5.69 Å². The highest BCUT2D eigenvalue weighted by molar-refractivity contribution is 5.66. The number of phenols is 1. The number of benzene rings is 1. The minimum Gasteiger partial charge on any atom is -0.506 e. The van der Waals surface area contributed by atoms with Gasteiger partial charge in [-0.05, 0) is 32.0 Å². The standard InChI is InChI=1S/C12H17N5O/c1-3-14-12-16-15-11(17(12)4-2)8-5-6-10(18)9(13)7-8/h5-7,18H,3-4,13H2,1-2H3,(H,14,16). The van der Waals surface area contributed by atoms with E-state index in [1.54, 1.807) is 18.2 Å². The molecular weight excluding hydrogens is 230 g/mol. The van der Waals surface area contributed by atoms with Gasteiger partial charge in [-0.2, -0.15) is 0 Å². The molecule has 2 aromatic rings. The van der Waals surface area contributed by atoms with E-state index in [1.807, 2.05) is 18.4 Å². The van der Waals surface area contributed by atoms with Crippen molar-refractivity contribution in [3.8, 4) is 17.1 Å². The summed E-state index contributed by atoms with van der Waals surface area (Å²) in [6.07, 6.45) is 0. The summed E-state index contributed by atoms with van der Waals surface area (Å²) in [6.45, 7) is 5.58. The van der Waals surface area contributed by atoms with Crippen LogP contribution in [0.3, 0.4) is 0 Å². The van der Waals surface area contributed by atoms with Gasteiger partial charge in [-0.3, -0.25) is 4.57 Å². The molecule has 0 aliphatic carbocycles. The van der Waals surface area contributed by atoms with Crippen molar-refractivity contribution in [2.45, 2.75) is 20.4 Å².